The van der Waals surface area contributed by atoms with E-state index in [9.17, 15) is 4.79 Å². The third-order valence-corrected chi connectivity index (χ3v) is 5.89. The lowest BCUT2D eigenvalue weighted by molar-refractivity contribution is -0.114. The molecule has 29 heavy (non-hydrogen) atoms. The second-order valence-electron chi connectivity index (χ2n) is 6.77. The van der Waals surface area contributed by atoms with Crippen LogP contribution in [0.4, 0.5) is 0 Å². The Labute approximate surface area is 179 Å². The largest absolute Gasteiger partial charge is 0.489 e. The molecule has 4 rings (SSSR count). The van der Waals surface area contributed by atoms with Crippen molar-refractivity contribution in [1.29, 1.82) is 0 Å². The Morgan fingerprint density at radius 1 is 1.00 bits per heavy atom. The lowest BCUT2D eigenvalue weighted by atomic mass is 10.2. The number of hydrogen-bond donors (Lipinski definition) is 0. The summed E-state index contributed by atoms with van der Waals surface area (Å²) in [5.41, 5.74) is 3.95. The van der Waals surface area contributed by atoms with Gasteiger partial charge in [-0.25, -0.2) is 0 Å². The number of carbonyl (C=O) groups is 1. The minimum absolute atomic E-state index is 0.113. The molecule has 0 atom stereocenters. The van der Waals surface area contributed by atoms with Crippen molar-refractivity contribution in [3.63, 3.8) is 0 Å². The topological polar surface area (TPSA) is 34.5 Å². The maximum Gasteiger partial charge on any atom is 0.285 e. The molecule has 0 saturated carbocycles. The lowest BCUT2D eigenvalue weighted by Crippen LogP contribution is -2.39. The van der Waals surface area contributed by atoms with E-state index >= 15 is 0 Å². The number of thioether (sulfide) groups is 1. The quantitative estimate of drug-likeness (QED) is 0.419. The first-order chi connectivity index (χ1) is 14.0. The second-order valence-corrected chi connectivity index (χ2v) is 8.44. The van der Waals surface area contributed by atoms with E-state index in [-0.39, 0.29) is 5.91 Å². The molecule has 2 heterocycles. The number of rotatable bonds is 5. The number of amides is 1. The molecule has 6 heteroatoms. The number of nitrogens with zero attached hydrogens (tertiary/aromatic N) is 2. The minimum Gasteiger partial charge on any atom is -0.489 e. The van der Waals surface area contributed by atoms with Gasteiger partial charge in [0.25, 0.3) is 5.91 Å². The van der Waals surface area contributed by atoms with Gasteiger partial charge in [-0.3, -0.25) is 9.47 Å². The van der Waals surface area contributed by atoms with Crippen molar-refractivity contribution in [2.45, 2.75) is 20.5 Å². The molecule has 0 aliphatic carbocycles. The highest BCUT2D eigenvalue weighted by atomic mass is 32.2. The molecule has 3 aromatic rings. The summed E-state index contributed by atoms with van der Waals surface area (Å²) in [5.74, 6) is 0.646. The molecule has 2 aromatic carbocycles. The summed E-state index contributed by atoms with van der Waals surface area (Å²) >= 11 is 6.80. The Kier molecular flexibility index (Phi) is 5.56. The first-order valence-electron chi connectivity index (χ1n) is 9.23. The van der Waals surface area contributed by atoms with Gasteiger partial charge in [-0.1, -0.05) is 54.2 Å². The summed E-state index contributed by atoms with van der Waals surface area (Å²) in [6, 6.07) is 21.7. The zero-order valence-electron chi connectivity index (χ0n) is 16.2. The van der Waals surface area contributed by atoms with Gasteiger partial charge in [-0.15, -0.1) is 0 Å². The van der Waals surface area contributed by atoms with E-state index < -0.39 is 0 Å². The maximum absolute atomic E-state index is 13.0. The fourth-order valence-corrected chi connectivity index (χ4v) is 4.44. The Morgan fingerprint density at radius 3 is 2.45 bits per heavy atom. The summed E-state index contributed by atoms with van der Waals surface area (Å²) < 4.78 is 8.28. The number of ether oxygens (including phenoxy) is 1. The Hall–Kier alpha value is -2.83. The molecule has 1 amide bonds. The highest BCUT2D eigenvalue weighted by Crippen LogP contribution is 2.33. The fraction of sp³-hybridized carbons (Fsp3) is 0.130. The predicted octanol–water partition coefficient (Wildman–Crippen LogP) is 5.22. The summed E-state index contributed by atoms with van der Waals surface area (Å²) in [4.78, 5) is 13.6. The van der Waals surface area contributed by atoms with Gasteiger partial charge < -0.3 is 4.74 Å². The molecule has 4 nitrogen and oxygen atoms in total. The van der Waals surface area contributed by atoms with E-state index in [1.165, 1.54) is 11.8 Å². The van der Waals surface area contributed by atoms with Crippen LogP contribution in [0.15, 0.2) is 71.6 Å². The number of aromatic nitrogens is 1. The van der Waals surface area contributed by atoms with E-state index in [1.54, 1.807) is 5.01 Å². The maximum atomic E-state index is 13.0. The highest BCUT2D eigenvalue weighted by Gasteiger charge is 2.34. The third-order valence-electron chi connectivity index (χ3n) is 4.61. The van der Waals surface area contributed by atoms with Crippen LogP contribution in [0.1, 0.15) is 22.5 Å². The smallest absolute Gasteiger partial charge is 0.285 e. The van der Waals surface area contributed by atoms with Crippen LogP contribution in [0.5, 0.6) is 5.75 Å². The van der Waals surface area contributed by atoms with Crippen LogP contribution >= 0.6 is 24.0 Å². The number of carbonyl (C=O) groups excluding carboxylic acids is 1. The summed E-state index contributed by atoms with van der Waals surface area (Å²) in [5, 5.41) is 1.56. The van der Waals surface area contributed by atoms with Gasteiger partial charge in [0.05, 0.1) is 4.91 Å². The molecule has 0 bridgehead atoms. The minimum atomic E-state index is -0.113. The second kappa shape index (κ2) is 8.27. The zero-order chi connectivity index (χ0) is 20.4. The van der Waals surface area contributed by atoms with Crippen LogP contribution in [-0.2, 0) is 11.4 Å². The van der Waals surface area contributed by atoms with Crippen LogP contribution in [0.2, 0.25) is 0 Å². The summed E-state index contributed by atoms with van der Waals surface area (Å²) in [7, 11) is 0. The normalized spacial score (nSPS) is 15.4. The Bertz CT molecular complexity index is 1080. The van der Waals surface area contributed by atoms with Crippen LogP contribution in [0.25, 0.3) is 6.08 Å². The first kappa shape index (κ1) is 19.5. The summed E-state index contributed by atoms with van der Waals surface area (Å²) in [6.45, 7) is 4.42. The summed E-state index contributed by atoms with van der Waals surface area (Å²) in [6.07, 6.45) is 1.86. The van der Waals surface area contributed by atoms with E-state index in [2.05, 4.69) is 0 Å². The van der Waals surface area contributed by atoms with Crippen molar-refractivity contribution in [3.8, 4) is 5.75 Å². The fourth-order valence-electron chi connectivity index (χ4n) is 3.19. The van der Waals surface area contributed by atoms with E-state index in [0.717, 1.165) is 28.3 Å². The molecule has 1 saturated heterocycles. The van der Waals surface area contributed by atoms with Crippen molar-refractivity contribution < 1.29 is 9.53 Å². The molecule has 1 aliphatic rings. The van der Waals surface area contributed by atoms with Crippen molar-refractivity contribution in [1.82, 2.24) is 4.68 Å². The van der Waals surface area contributed by atoms with Crippen molar-refractivity contribution in [3.05, 3.63) is 94.1 Å². The molecule has 0 radical (unpaired) electrons. The van der Waals surface area contributed by atoms with Gasteiger partial charge in [0.2, 0.25) is 0 Å². The number of thiocarbonyl (C=S) groups is 1. The molecular formula is C23H20N2O2S2. The SMILES string of the molecule is Cc1ccc(C)n1N1C(=O)/C(=C\c2cccc(OCc3ccccc3)c2)SC1=S. The predicted molar refractivity (Wildman–Crippen MR) is 123 cm³/mol. The molecule has 1 fully saturated rings. The monoisotopic (exact) mass is 420 g/mol. The van der Waals surface area contributed by atoms with Gasteiger partial charge in [0, 0.05) is 11.4 Å². The van der Waals surface area contributed by atoms with Gasteiger partial charge in [-0.2, -0.15) is 5.01 Å². The van der Waals surface area contributed by atoms with E-state index in [1.807, 2.05) is 91.3 Å². The molecular weight excluding hydrogens is 400 g/mol. The van der Waals surface area contributed by atoms with Gasteiger partial charge >= 0.3 is 0 Å². The molecule has 0 unspecified atom stereocenters. The first-order valence-corrected chi connectivity index (χ1v) is 10.5. The molecule has 146 valence electrons. The average Bonchev–Trinajstić information content (AvgIpc) is 3.19. The average molecular weight is 421 g/mol. The van der Waals surface area contributed by atoms with E-state index in [4.69, 9.17) is 17.0 Å². The van der Waals surface area contributed by atoms with Crippen LogP contribution in [0.3, 0.4) is 0 Å². The van der Waals surface area contributed by atoms with Crippen molar-refractivity contribution in [2.24, 2.45) is 0 Å². The lowest BCUT2D eigenvalue weighted by Gasteiger charge is -2.20. The molecule has 1 aromatic heterocycles. The molecule has 0 spiro atoms. The highest BCUT2D eigenvalue weighted by molar-refractivity contribution is 8.27. The van der Waals surface area contributed by atoms with Crippen LogP contribution in [-0.4, -0.2) is 14.9 Å². The number of hydrogen-bond acceptors (Lipinski definition) is 4. The molecule has 1 aliphatic heterocycles. The van der Waals surface area contributed by atoms with Gasteiger partial charge in [0.15, 0.2) is 4.32 Å². The van der Waals surface area contributed by atoms with Crippen molar-refractivity contribution in [2.75, 3.05) is 5.01 Å². The van der Waals surface area contributed by atoms with Crippen LogP contribution < -0.4 is 9.75 Å². The van der Waals surface area contributed by atoms with Crippen LogP contribution in [0, 0.1) is 13.8 Å². The number of benzene rings is 2. The molecule has 0 N–H and O–H groups in total. The standard InChI is InChI=1S/C23H20N2O2S2/c1-16-11-12-17(2)24(16)25-22(26)21(29-23(25)28)14-19-9-6-10-20(13-19)27-15-18-7-4-3-5-8-18/h3-14H,15H2,1-2H3/b21-14+. The van der Waals surface area contributed by atoms with Crippen molar-refractivity contribution >= 4 is 40.3 Å². The van der Waals surface area contributed by atoms with E-state index in [0.29, 0.717) is 15.8 Å². The third kappa shape index (κ3) is 4.13. The Balaban J connectivity index is 1.54. The van der Waals surface area contributed by atoms with Gasteiger partial charge in [-0.05, 0) is 67.5 Å². The van der Waals surface area contributed by atoms with Gasteiger partial charge in [0.1, 0.15) is 12.4 Å². The number of aryl methyl sites for hydroxylation is 2. The Morgan fingerprint density at radius 2 is 1.72 bits per heavy atom. The zero-order valence-corrected chi connectivity index (χ0v) is 17.8.